The highest BCUT2D eigenvalue weighted by atomic mass is 32.2. The second kappa shape index (κ2) is 15.8. The van der Waals surface area contributed by atoms with Crippen LogP contribution in [0.3, 0.4) is 0 Å². The zero-order valence-electron chi connectivity index (χ0n) is 27.7. The molecule has 4 aromatic rings. The van der Waals surface area contributed by atoms with Crippen molar-refractivity contribution in [3.8, 4) is 11.5 Å². The third kappa shape index (κ3) is 8.55. The van der Waals surface area contributed by atoms with Crippen molar-refractivity contribution in [2.24, 2.45) is 0 Å². The summed E-state index contributed by atoms with van der Waals surface area (Å²) in [6.07, 6.45) is 4.10. The van der Waals surface area contributed by atoms with Crippen LogP contribution in [0, 0.1) is 6.92 Å². The van der Waals surface area contributed by atoms with Gasteiger partial charge in [0.2, 0.25) is 11.8 Å². The number of hydrogen-bond donors (Lipinski definition) is 1. The molecule has 48 heavy (non-hydrogen) atoms. The summed E-state index contributed by atoms with van der Waals surface area (Å²) in [5.74, 6) is 0.339. The standard InChI is InChI=1S/C38H43N3O6S/c1-28-16-18-32(19-17-28)41(48(44,45)35-22-20-33(46-2)21-23-35)27-37(42)40(26-30-12-9-15-34(24-30)47-3)36(25-29-10-5-4-6-11-29)38(43)39-31-13-7-8-14-31/h4-6,9-12,15-24,31,36H,7-8,13-14,25-27H2,1-3H3,(H,39,43)/t36-/m1/s1. The normalized spacial score (nSPS) is 13.8. The van der Waals surface area contributed by atoms with E-state index in [1.54, 1.807) is 43.5 Å². The lowest BCUT2D eigenvalue weighted by molar-refractivity contribution is -0.140. The Morgan fingerprint density at radius 3 is 2.10 bits per heavy atom. The highest BCUT2D eigenvalue weighted by Gasteiger charge is 2.35. The van der Waals surface area contributed by atoms with E-state index in [4.69, 9.17) is 9.47 Å². The highest BCUT2D eigenvalue weighted by molar-refractivity contribution is 7.92. The first-order chi connectivity index (χ1) is 23.2. The zero-order chi connectivity index (χ0) is 34.1. The molecule has 1 N–H and O–H groups in total. The molecule has 9 nitrogen and oxygen atoms in total. The number of amides is 2. The fourth-order valence-electron chi connectivity index (χ4n) is 6.00. The van der Waals surface area contributed by atoms with Crippen molar-refractivity contribution in [3.05, 3.63) is 120 Å². The number of carbonyl (C=O) groups is 2. The third-order valence-corrected chi connectivity index (χ3v) is 10.5. The fraction of sp³-hybridized carbons (Fsp3) is 0.316. The number of benzene rings is 4. The van der Waals surface area contributed by atoms with E-state index in [1.165, 1.54) is 24.1 Å². The number of anilines is 1. The number of nitrogens with zero attached hydrogens (tertiary/aromatic N) is 2. The predicted octanol–water partition coefficient (Wildman–Crippen LogP) is 5.91. The van der Waals surface area contributed by atoms with Gasteiger partial charge in [-0.25, -0.2) is 8.42 Å². The largest absolute Gasteiger partial charge is 0.497 e. The zero-order valence-corrected chi connectivity index (χ0v) is 28.5. The third-order valence-electron chi connectivity index (χ3n) is 8.71. The smallest absolute Gasteiger partial charge is 0.264 e. The highest BCUT2D eigenvalue weighted by Crippen LogP contribution is 2.27. The van der Waals surface area contributed by atoms with E-state index in [0.29, 0.717) is 17.2 Å². The van der Waals surface area contributed by atoms with E-state index >= 15 is 0 Å². The van der Waals surface area contributed by atoms with Crippen molar-refractivity contribution < 1.29 is 27.5 Å². The molecule has 0 aromatic heterocycles. The number of carbonyl (C=O) groups excluding carboxylic acids is 2. The van der Waals surface area contributed by atoms with Crippen molar-refractivity contribution >= 4 is 27.5 Å². The Balaban J connectivity index is 1.57. The first-order valence-corrected chi connectivity index (χ1v) is 17.6. The fourth-order valence-corrected chi connectivity index (χ4v) is 7.42. The second-order valence-corrected chi connectivity index (χ2v) is 14.0. The number of aryl methyl sites for hydroxylation is 1. The van der Waals surface area contributed by atoms with Crippen LogP contribution in [-0.2, 0) is 32.6 Å². The molecule has 0 aliphatic heterocycles. The molecule has 0 radical (unpaired) electrons. The quantitative estimate of drug-likeness (QED) is 0.179. The van der Waals surface area contributed by atoms with Crippen molar-refractivity contribution in [2.45, 2.75) is 62.6 Å². The Morgan fingerprint density at radius 2 is 1.46 bits per heavy atom. The number of sulfonamides is 1. The minimum absolute atomic E-state index is 0.0100. The maximum Gasteiger partial charge on any atom is 0.264 e. The number of nitrogens with one attached hydrogen (secondary N) is 1. The van der Waals surface area contributed by atoms with Crippen molar-refractivity contribution in [3.63, 3.8) is 0 Å². The van der Waals surface area contributed by atoms with Crippen molar-refractivity contribution in [1.82, 2.24) is 10.2 Å². The maximum atomic E-state index is 14.7. The van der Waals surface area contributed by atoms with Gasteiger partial charge in [0.15, 0.2) is 0 Å². The van der Waals surface area contributed by atoms with Gasteiger partial charge < -0.3 is 19.7 Å². The molecule has 0 heterocycles. The predicted molar refractivity (Wildman–Crippen MR) is 187 cm³/mol. The summed E-state index contributed by atoms with van der Waals surface area (Å²) in [4.78, 5) is 30.4. The summed E-state index contributed by atoms with van der Waals surface area (Å²) in [7, 11) is -1.14. The van der Waals surface area contributed by atoms with Crippen LogP contribution in [0.1, 0.15) is 42.4 Å². The SMILES string of the molecule is COc1ccc(S(=O)(=O)N(CC(=O)N(Cc2cccc(OC)c2)[C@H](Cc2ccccc2)C(=O)NC2CCCC2)c2ccc(C)cc2)cc1. The Bertz CT molecular complexity index is 1770. The van der Waals surface area contributed by atoms with E-state index in [2.05, 4.69) is 5.32 Å². The molecule has 10 heteroatoms. The van der Waals surface area contributed by atoms with Gasteiger partial charge in [0.05, 0.1) is 24.8 Å². The van der Waals surface area contributed by atoms with Crippen LogP contribution < -0.4 is 19.1 Å². The van der Waals surface area contributed by atoms with Crippen LogP contribution in [-0.4, -0.2) is 58.0 Å². The number of rotatable bonds is 14. The molecule has 252 valence electrons. The van der Waals surface area contributed by atoms with Gasteiger partial charge in [-0.05, 0) is 79.4 Å². The van der Waals surface area contributed by atoms with Crippen LogP contribution >= 0.6 is 0 Å². The van der Waals surface area contributed by atoms with Gasteiger partial charge in [0.25, 0.3) is 10.0 Å². The molecule has 5 rings (SSSR count). The van der Waals surface area contributed by atoms with Gasteiger partial charge in [-0.15, -0.1) is 0 Å². The molecule has 1 aliphatic carbocycles. The monoisotopic (exact) mass is 669 g/mol. The van der Waals surface area contributed by atoms with Crippen molar-refractivity contribution in [1.29, 1.82) is 0 Å². The average Bonchev–Trinajstić information content (AvgIpc) is 3.62. The van der Waals surface area contributed by atoms with Crippen molar-refractivity contribution in [2.75, 3.05) is 25.1 Å². The summed E-state index contributed by atoms with van der Waals surface area (Å²) in [6, 6.07) is 29.0. The molecule has 0 spiro atoms. The first kappa shape index (κ1) is 34.5. The lowest BCUT2D eigenvalue weighted by Gasteiger charge is -2.34. The van der Waals surface area contributed by atoms with Gasteiger partial charge >= 0.3 is 0 Å². The molecule has 0 saturated heterocycles. The van der Waals surface area contributed by atoms with Crippen LogP contribution in [0.4, 0.5) is 5.69 Å². The maximum absolute atomic E-state index is 14.7. The van der Waals surface area contributed by atoms with E-state index in [9.17, 15) is 18.0 Å². The van der Waals surface area contributed by atoms with Crippen LogP contribution in [0.5, 0.6) is 11.5 Å². The Kier molecular flexibility index (Phi) is 11.4. The number of ether oxygens (including phenoxy) is 2. The van der Waals surface area contributed by atoms with E-state index in [0.717, 1.165) is 46.7 Å². The molecular weight excluding hydrogens is 627 g/mol. The van der Waals surface area contributed by atoms with Crippen LogP contribution in [0.25, 0.3) is 0 Å². The summed E-state index contributed by atoms with van der Waals surface area (Å²) in [5, 5.41) is 3.20. The van der Waals surface area contributed by atoms with Gasteiger partial charge in [0, 0.05) is 19.0 Å². The summed E-state index contributed by atoms with van der Waals surface area (Å²) in [5.41, 5.74) is 2.90. The van der Waals surface area contributed by atoms with Gasteiger partial charge in [-0.1, -0.05) is 73.0 Å². The lowest BCUT2D eigenvalue weighted by atomic mass is 10.0. The summed E-state index contributed by atoms with van der Waals surface area (Å²) in [6.45, 7) is 1.45. The molecule has 0 unspecified atom stereocenters. The van der Waals surface area contributed by atoms with E-state index in [1.807, 2.05) is 61.5 Å². The summed E-state index contributed by atoms with van der Waals surface area (Å²) < 4.78 is 40.3. The summed E-state index contributed by atoms with van der Waals surface area (Å²) >= 11 is 0. The Morgan fingerprint density at radius 1 is 0.812 bits per heavy atom. The Hall–Kier alpha value is -4.83. The molecule has 2 amide bonds. The topological polar surface area (TPSA) is 105 Å². The molecule has 1 aliphatic rings. The molecule has 0 bridgehead atoms. The Labute approximate surface area is 283 Å². The molecule has 1 fully saturated rings. The van der Waals surface area contributed by atoms with E-state index < -0.39 is 28.5 Å². The molecular formula is C38H43N3O6S. The minimum Gasteiger partial charge on any atom is -0.497 e. The minimum atomic E-state index is -4.22. The molecule has 1 atom stereocenters. The van der Waals surface area contributed by atoms with Gasteiger partial charge in [-0.3, -0.25) is 13.9 Å². The second-order valence-electron chi connectivity index (χ2n) is 12.1. The van der Waals surface area contributed by atoms with Gasteiger partial charge in [0.1, 0.15) is 24.1 Å². The van der Waals surface area contributed by atoms with Crippen LogP contribution in [0.15, 0.2) is 108 Å². The molecule has 1 saturated carbocycles. The molecule has 4 aromatic carbocycles. The average molecular weight is 670 g/mol. The van der Waals surface area contributed by atoms with Gasteiger partial charge in [-0.2, -0.15) is 0 Å². The van der Waals surface area contributed by atoms with Crippen LogP contribution in [0.2, 0.25) is 0 Å². The number of methoxy groups -OCH3 is 2. The van der Waals surface area contributed by atoms with E-state index in [-0.39, 0.29) is 29.8 Å². The lowest BCUT2D eigenvalue weighted by Crippen LogP contribution is -2.54. The number of hydrogen-bond acceptors (Lipinski definition) is 6. The first-order valence-electron chi connectivity index (χ1n) is 16.2.